The van der Waals surface area contributed by atoms with Gasteiger partial charge in [0.1, 0.15) is 0 Å². The summed E-state index contributed by atoms with van der Waals surface area (Å²) in [7, 11) is 0. The van der Waals surface area contributed by atoms with Crippen LogP contribution in [0.25, 0.3) is 0 Å². The van der Waals surface area contributed by atoms with Crippen LogP contribution in [0.3, 0.4) is 0 Å². The van der Waals surface area contributed by atoms with Gasteiger partial charge < -0.3 is 15.0 Å². The fourth-order valence-electron chi connectivity index (χ4n) is 3.04. The Hall–Kier alpha value is -2.41. The molecule has 0 saturated carbocycles. The minimum atomic E-state index is -0.762. The molecule has 0 aliphatic heterocycles. The fourth-order valence-corrected chi connectivity index (χ4v) is 3.04. The summed E-state index contributed by atoms with van der Waals surface area (Å²) in [5, 5.41) is 5.26. The zero-order valence-corrected chi connectivity index (χ0v) is 18.5. The summed E-state index contributed by atoms with van der Waals surface area (Å²) in [5.74, 6) is 0.0925. The number of carbonyl (C=O) groups excluding carboxylic acids is 3. The summed E-state index contributed by atoms with van der Waals surface area (Å²) < 4.78 is 4.70. The molecule has 0 aliphatic rings. The molecule has 3 N–H and O–H groups in total. The highest BCUT2D eigenvalue weighted by atomic mass is 16.5. The summed E-state index contributed by atoms with van der Waals surface area (Å²) in [5.41, 5.74) is 2.33. The lowest BCUT2D eigenvalue weighted by molar-refractivity contribution is -0.881. The largest absolute Gasteiger partial charge is 0.450 e. The molecule has 1 rings (SSSR count). The van der Waals surface area contributed by atoms with Crippen molar-refractivity contribution < 1.29 is 24.0 Å². The van der Waals surface area contributed by atoms with Gasteiger partial charge in [-0.2, -0.15) is 0 Å². The number of benzene rings is 1. The van der Waals surface area contributed by atoms with E-state index in [1.807, 2.05) is 6.92 Å². The minimum Gasteiger partial charge on any atom is -0.450 e. The molecular weight excluding hydrogens is 370 g/mol. The molecule has 3 amide bonds. The summed E-state index contributed by atoms with van der Waals surface area (Å²) in [6, 6.07) is 8.24. The first-order valence-corrected chi connectivity index (χ1v) is 10.4. The Balaban J connectivity index is 2.69. The molecule has 2 atom stereocenters. The number of hydrogen-bond acceptors (Lipinski definition) is 4. The van der Waals surface area contributed by atoms with Gasteiger partial charge in [0.05, 0.1) is 19.2 Å². The molecule has 29 heavy (non-hydrogen) atoms. The van der Waals surface area contributed by atoms with Gasteiger partial charge in [-0.15, -0.1) is 0 Å². The van der Waals surface area contributed by atoms with E-state index in [0.29, 0.717) is 12.5 Å². The van der Waals surface area contributed by atoms with Crippen LogP contribution in [-0.4, -0.2) is 44.1 Å². The van der Waals surface area contributed by atoms with Crippen LogP contribution in [0, 0.1) is 5.92 Å². The number of hydrogen-bond donors (Lipinski definition) is 3. The number of ether oxygens (including phenoxy) is 1. The van der Waals surface area contributed by atoms with Crippen LogP contribution in [0.15, 0.2) is 24.3 Å². The first-order chi connectivity index (χ1) is 13.7. The van der Waals surface area contributed by atoms with Crippen molar-refractivity contribution in [3.8, 4) is 0 Å². The van der Waals surface area contributed by atoms with E-state index < -0.39 is 12.0 Å². The molecule has 0 fully saturated rings. The summed E-state index contributed by atoms with van der Waals surface area (Å²) in [6.07, 6.45) is -0.762. The second kappa shape index (κ2) is 12.2. The van der Waals surface area contributed by atoms with Crippen molar-refractivity contribution in [2.45, 2.75) is 53.5 Å². The van der Waals surface area contributed by atoms with E-state index in [9.17, 15) is 14.4 Å². The normalized spacial score (nSPS) is 13.1. The molecule has 0 spiro atoms. The standard InChI is InChI=1S/C22H35N3O4/c1-7-25(14-20(27)24-22(28)29-8-2)13-19(26)23-21(16(5)6)18-11-9-17(10-12-18)15(3)4/h9-12,15-16,21H,7-8,13-14H2,1-6H3,(H,23,26)(H,24,27,28)/p+1/t21-/m1/s1. The second-order valence-electron chi connectivity index (χ2n) is 7.84. The predicted molar refractivity (Wildman–Crippen MR) is 113 cm³/mol. The van der Waals surface area contributed by atoms with Crippen molar-refractivity contribution in [3.63, 3.8) is 0 Å². The van der Waals surface area contributed by atoms with E-state index in [1.54, 1.807) is 6.92 Å². The fraction of sp³-hybridized carbons (Fsp3) is 0.591. The van der Waals surface area contributed by atoms with Gasteiger partial charge in [0, 0.05) is 0 Å². The molecule has 1 aromatic carbocycles. The SMILES string of the molecule is CCOC(=O)NC(=O)C[NH+](CC)CC(=O)N[C@@H](c1ccc(C(C)C)cc1)C(C)C. The van der Waals surface area contributed by atoms with Gasteiger partial charge in [-0.05, 0) is 36.8 Å². The third kappa shape index (κ3) is 8.64. The lowest BCUT2D eigenvalue weighted by Gasteiger charge is -2.24. The lowest BCUT2D eigenvalue weighted by atomic mass is 9.93. The van der Waals surface area contributed by atoms with Crippen LogP contribution in [0.5, 0.6) is 0 Å². The van der Waals surface area contributed by atoms with Gasteiger partial charge in [0.2, 0.25) is 0 Å². The maximum atomic E-state index is 12.6. The maximum absolute atomic E-state index is 12.6. The van der Waals surface area contributed by atoms with E-state index >= 15 is 0 Å². The molecule has 7 heteroatoms. The smallest absolute Gasteiger partial charge is 0.414 e. The van der Waals surface area contributed by atoms with E-state index in [-0.39, 0.29) is 37.6 Å². The highest BCUT2D eigenvalue weighted by molar-refractivity contribution is 5.92. The number of amides is 3. The highest BCUT2D eigenvalue weighted by Crippen LogP contribution is 2.23. The van der Waals surface area contributed by atoms with Gasteiger partial charge in [0.15, 0.2) is 13.1 Å². The van der Waals surface area contributed by atoms with Gasteiger partial charge in [-0.1, -0.05) is 52.0 Å². The van der Waals surface area contributed by atoms with E-state index in [1.165, 1.54) is 5.56 Å². The number of rotatable bonds is 10. The monoisotopic (exact) mass is 406 g/mol. The van der Waals surface area contributed by atoms with E-state index in [4.69, 9.17) is 4.74 Å². The van der Waals surface area contributed by atoms with Gasteiger partial charge in [-0.3, -0.25) is 14.9 Å². The Morgan fingerprint density at radius 3 is 1.97 bits per heavy atom. The third-order valence-corrected chi connectivity index (χ3v) is 4.78. The Morgan fingerprint density at radius 2 is 1.48 bits per heavy atom. The number of quaternary nitrogens is 1. The maximum Gasteiger partial charge on any atom is 0.414 e. The van der Waals surface area contributed by atoms with Gasteiger partial charge >= 0.3 is 6.09 Å². The molecule has 0 heterocycles. The van der Waals surface area contributed by atoms with Gasteiger partial charge in [-0.25, -0.2) is 4.79 Å². The number of carbonyl (C=O) groups is 3. The van der Waals surface area contributed by atoms with Crippen LogP contribution in [0.2, 0.25) is 0 Å². The van der Waals surface area contributed by atoms with Crippen LogP contribution in [0.4, 0.5) is 4.79 Å². The molecule has 0 aromatic heterocycles. The molecule has 0 aliphatic carbocycles. The third-order valence-electron chi connectivity index (χ3n) is 4.78. The predicted octanol–water partition coefficient (Wildman–Crippen LogP) is 1.80. The molecule has 0 bridgehead atoms. The lowest BCUT2D eigenvalue weighted by Crippen LogP contribution is -3.14. The number of likely N-dealkylation sites (N-methyl/N-ethyl adjacent to an activating group) is 1. The zero-order chi connectivity index (χ0) is 22.0. The Labute approximate surface area is 174 Å². The Bertz CT molecular complexity index is 671. The number of nitrogens with one attached hydrogen (secondary N) is 3. The van der Waals surface area contributed by atoms with Crippen LogP contribution in [0.1, 0.15) is 64.6 Å². The van der Waals surface area contributed by atoms with Crippen molar-refractivity contribution in [2.24, 2.45) is 5.92 Å². The van der Waals surface area contributed by atoms with Crippen molar-refractivity contribution in [3.05, 3.63) is 35.4 Å². The minimum absolute atomic E-state index is 0.0260. The average Bonchev–Trinajstić information content (AvgIpc) is 2.65. The molecule has 0 saturated heterocycles. The van der Waals surface area contributed by atoms with Crippen LogP contribution >= 0.6 is 0 Å². The molecule has 0 radical (unpaired) electrons. The van der Waals surface area contributed by atoms with Gasteiger partial charge in [0.25, 0.3) is 11.8 Å². The van der Waals surface area contributed by atoms with Crippen LogP contribution in [-0.2, 0) is 14.3 Å². The highest BCUT2D eigenvalue weighted by Gasteiger charge is 2.23. The van der Waals surface area contributed by atoms with Crippen molar-refractivity contribution >= 4 is 17.9 Å². The Morgan fingerprint density at radius 1 is 0.931 bits per heavy atom. The zero-order valence-electron chi connectivity index (χ0n) is 18.5. The van der Waals surface area contributed by atoms with E-state index in [0.717, 1.165) is 10.5 Å². The molecule has 7 nitrogen and oxygen atoms in total. The van der Waals surface area contributed by atoms with Crippen molar-refractivity contribution in [2.75, 3.05) is 26.2 Å². The summed E-state index contributed by atoms with van der Waals surface area (Å²) >= 11 is 0. The van der Waals surface area contributed by atoms with E-state index in [2.05, 4.69) is 62.6 Å². The molecular formula is C22H36N3O4+. The first-order valence-electron chi connectivity index (χ1n) is 10.4. The second-order valence-corrected chi connectivity index (χ2v) is 7.84. The van der Waals surface area contributed by atoms with Crippen molar-refractivity contribution in [1.29, 1.82) is 0 Å². The molecule has 1 aromatic rings. The molecule has 1 unspecified atom stereocenters. The summed E-state index contributed by atoms with van der Waals surface area (Å²) in [6.45, 7) is 13.0. The summed E-state index contributed by atoms with van der Waals surface area (Å²) in [4.78, 5) is 36.7. The molecule has 162 valence electrons. The quantitative estimate of drug-likeness (QED) is 0.553. The average molecular weight is 407 g/mol. The topological polar surface area (TPSA) is 88.9 Å². The number of alkyl carbamates (subject to hydrolysis) is 1. The first kappa shape index (κ1) is 24.6. The Kier molecular flexibility index (Phi) is 10.4. The van der Waals surface area contributed by atoms with Crippen LogP contribution < -0.4 is 15.5 Å². The van der Waals surface area contributed by atoms with Crippen molar-refractivity contribution in [1.82, 2.24) is 10.6 Å². The number of imide groups is 1.